The van der Waals surface area contributed by atoms with Crippen LogP contribution in [-0.2, 0) is 6.54 Å². The Balaban J connectivity index is 2.05. The van der Waals surface area contributed by atoms with Gasteiger partial charge in [0.1, 0.15) is 0 Å². The van der Waals surface area contributed by atoms with Crippen LogP contribution in [0.25, 0.3) is 0 Å². The molecule has 1 aromatic carbocycles. The predicted molar refractivity (Wildman–Crippen MR) is 84.7 cm³/mol. The van der Waals surface area contributed by atoms with E-state index in [-0.39, 0.29) is 0 Å². The van der Waals surface area contributed by atoms with Crippen molar-refractivity contribution in [3.8, 4) is 0 Å². The van der Waals surface area contributed by atoms with Gasteiger partial charge in [0.2, 0.25) is 0 Å². The molecule has 1 aromatic rings. The molecule has 2 atom stereocenters. The van der Waals surface area contributed by atoms with Crippen LogP contribution in [0.1, 0.15) is 25.0 Å². The Bertz CT molecular complexity index is 433. The summed E-state index contributed by atoms with van der Waals surface area (Å²) in [7, 11) is 0. The van der Waals surface area contributed by atoms with Gasteiger partial charge in [0, 0.05) is 14.9 Å². The second-order valence-electron chi connectivity index (χ2n) is 4.45. The minimum Gasteiger partial charge on any atom is -0.361 e. The Kier molecular flexibility index (Phi) is 4.36. The molecule has 0 aliphatic carbocycles. The lowest BCUT2D eigenvalue weighted by atomic mass is 10.1. The normalized spacial score (nSPS) is 26.2. The van der Waals surface area contributed by atoms with Crippen LogP contribution in [0.3, 0.4) is 0 Å². The van der Waals surface area contributed by atoms with Crippen molar-refractivity contribution in [3.05, 3.63) is 32.9 Å². The average molecular weight is 360 g/mol. The number of aryl methyl sites for hydroxylation is 1. The molecule has 0 bridgehead atoms. The molecule has 1 heterocycles. The number of nitrogens with one attached hydrogen (secondary N) is 1. The zero-order chi connectivity index (χ0) is 12.4. The lowest BCUT2D eigenvalue weighted by Gasteiger charge is -2.05. The summed E-state index contributed by atoms with van der Waals surface area (Å²) in [6.45, 7) is 7.37. The summed E-state index contributed by atoms with van der Waals surface area (Å²) in [5, 5.41) is 5.12. The fourth-order valence-corrected chi connectivity index (χ4v) is 3.37. The van der Waals surface area contributed by atoms with E-state index < -0.39 is 0 Å². The first kappa shape index (κ1) is 13.2. The first-order valence-electron chi connectivity index (χ1n) is 5.79. The van der Waals surface area contributed by atoms with E-state index in [1.165, 1.54) is 14.7 Å². The van der Waals surface area contributed by atoms with Crippen molar-refractivity contribution in [2.24, 2.45) is 4.99 Å². The van der Waals surface area contributed by atoms with Crippen LogP contribution in [0.15, 0.2) is 23.2 Å². The van der Waals surface area contributed by atoms with Crippen molar-refractivity contribution in [1.29, 1.82) is 0 Å². The van der Waals surface area contributed by atoms with Crippen LogP contribution in [0.2, 0.25) is 0 Å². The van der Waals surface area contributed by atoms with Crippen LogP contribution in [0, 0.1) is 10.5 Å². The SMILES string of the molecule is Cc1cc(I)ccc1CN=C1NC(C)C(C)S1. The van der Waals surface area contributed by atoms with Gasteiger partial charge in [-0.05, 0) is 59.7 Å². The van der Waals surface area contributed by atoms with Gasteiger partial charge >= 0.3 is 0 Å². The quantitative estimate of drug-likeness (QED) is 0.816. The number of aliphatic imine (C=N–C) groups is 1. The maximum absolute atomic E-state index is 4.65. The van der Waals surface area contributed by atoms with E-state index >= 15 is 0 Å². The van der Waals surface area contributed by atoms with Crippen LogP contribution in [0.4, 0.5) is 0 Å². The maximum Gasteiger partial charge on any atom is 0.157 e. The topological polar surface area (TPSA) is 24.4 Å². The zero-order valence-electron chi connectivity index (χ0n) is 10.3. The van der Waals surface area contributed by atoms with E-state index in [2.05, 4.69) is 71.9 Å². The van der Waals surface area contributed by atoms with E-state index in [0.29, 0.717) is 11.3 Å². The second-order valence-corrected chi connectivity index (χ2v) is 7.06. The molecule has 1 fully saturated rings. The molecular weight excluding hydrogens is 343 g/mol. The molecule has 1 aliphatic rings. The Morgan fingerprint density at radius 3 is 2.76 bits per heavy atom. The third-order valence-electron chi connectivity index (χ3n) is 3.05. The lowest BCUT2D eigenvalue weighted by Crippen LogP contribution is -2.26. The van der Waals surface area contributed by atoms with E-state index in [0.717, 1.165) is 11.7 Å². The van der Waals surface area contributed by atoms with E-state index in [1.54, 1.807) is 0 Å². The fourth-order valence-electron chi connectivity index (χ4n) is 1.70. The van der Waals surface area contributed by atoms with Gasteiger partial charge in [-0.2, -0.15) is 0 Å². The highest BCUT2D eigenvalue weighted by atomic mass is 127. The number of amidine groups is 1. The van der Waals surface area contributed by atoms with Crippen LogP contribution in [0.5, 0.6) is 0 Å². The standard InChI is InChI=1S/C13H17IN2S/c1-8-6-12(14)5-4-11(8)7-15-13-16-9(2)10(3)17-13/h4-6,9-10H,7H2,1-3H3,(H,15,16). The zero-order valence-corrected chi connectivity index (χ0v) is 13.3. The van der Waals surface area contributed by atoms with Crippen molar-refractivity contribution in [2.45, 2.75) is 38.6 Å². The maximum atomic E-state index is 4.65. The number of halogens is 1. The summed E-state index contributed by atoms with van der Waals surface area (Å²) < 4.78 is 1.28. The average Bonchev–Trinajstić information content (AvgIpc) is 2.57. The summed E-state index contributed by atoms with van der Waals surface area (Å²) in [6, 6.07) is 7.05. The lowest BCUT2D eigenvalue weighted by molar-refractivity contribution is 0.677. The van der Waals surface area contributed by atoms with Crippen molar-refractivity contribution in [1.82, 2.24) is 5.32 Å². The Morgan fingerprint density at radius 2 is 2.18 bits per heavy atom. The van der Waals surface area contributed by atoms with Gasteiger partial charge in [-0.15, -0.1) is 0 Å². The largest absolute Gasteiger partial charge is 0.361 e. The van der Waals surface area contributed by atoms with E-state index in [9.17, 15) is 0 Å². The minimum atomic E-state index is 0.525. The number of hydrogen-bond donors (Lipinski definition) is 1. The van der Waals surface area contributed by atoms with Gasteiger partial charge in [-0.3, -0.25) is 4.99 Å². The molecule has 17 heavy (non-hydrogen) atoms. The monoisotopic (exact) mass is 360 g/mol. The van der Waals surface area contributed by atoms with Crippen LogP contribution in [-0.4, -0.2) is 16.5 Å². The van der Waals surface area contributed by atoms with Crippen LogP contribution < -0.4 is 5.32 Å². The second kappa shape index (κ2) is 5.61. The highest BCUT2D eigenvalue weighted by molar-refractivity contribution is 14.1. The molecule has 2 rings (SSSR count). The van der Waals surface area contributed by atoms with E-state index in [4.69, 9.17) is 0 Å². The molecule has 92 valence electrons. The van der Waals surface area contributed by atoms with Gasteiger partial charge in [-0.25, -0.2) is 0 Å². The Labute approximate surface area is 121 Å². The Hall–Kier alpha value is -0.230. The Morgan fingerprint density at radius 1 is 1.41 bits per heavy atom. The van der Waals surface area contributed by atoms with Gasteiger partial charge < -0.3 is 5.32 Å². The molecule has 0 saturated carbocycles. The van der Waals surface area contributed by atoms with Crippen molar-refractivity contribution in [3.63, 3.8) is 0 Å². The summed E-state index contributed by atoms with van der Waals surface area (Å²) >= 11 is 4.18. The van der Waals surface area contributed by atoms with Gasteiger partial charge in [-0.1, -0.05) is 24.8 Å². The molecule has 1 aliphatic heterocycles. The molecular formula is C13H17IN2S. The summed E-state index contributed by atoms with van der Waals surface area (Å²) in [5.41, 5.74) is 2.64. The number of rotatable bonds is 2. The first-order valence-corrected chi connectivity index (χ1v) is 7.75. The highest BCUT2D eigenvalue weighted by Crippen LogP contribution is 2.23. The molecule has 4 heteroatoms. The minimum absolute atomic E-state index is 0.525. The van der Waals surface area contributed by atoms with Crippen molar-refractivity contribution >= 4 is 39.5 Å². The molecule has 2 nitrogen and oxygen atoms in total. The molecule has 0 spiro atoms. The molecule has 2 unspecified atom stereocenters. The van der Waals surface area contributed by atoms with Crippen LogP contribution >= 0.6 is 34.4 Å². The van der Waals surface area contributed by atoms with E-state index in [1.807, 2.05) is 11.8 Å². The molecule has 0 aromatic heterocycles. The van der Waals surface area contributed by atoms with Gasteiger partial charge in [0.25, 0.3) is 0 Å². The molecule has 0 radical (unpaired) electrons. The molecule has 1 saturated heterocycles. The number of nitrogens with zero attached hydrogens (tertiary/aromatic N) is 1. The first-order chi connectivity index (χ1) is 8.06. The third-order valence-corrected chi connectivity index (χ3v) is 4.97. The fraction of sp³-hybridized carbons (Fsp3) is 0.462. The highest BCUT2D eigenvalue weighted by Gasteiger charge is 2.23. The molecule has 1 N–H and O–H groups in total. The van der Waals surface area contributed by atoms with Crippen molar-refractivity contribution < 1.29 is 0 Å². The smallest absolute Gasteiger partial charge is 0.157 e. The van der Waals surface area contributed by atoms with Gasteiger partial charge in [0.05, 0.1) is 6.54 Å². The number of benzene rings is 1. The predicted octanol–water partition coefficient (Wildman–Crippen LogP) is 3.57. The molecule has 0 amide bonds. The van der Waals surface area contributed by atoms with Gasteiger partial charge in [0.15, 0.2) is 5.17 Å². The summed E-state index contributed by atoms with van der Waals surface area (Å²) in [6.07, 6.45) is 0. The number of thioether (sulfide) groups is 1. The number of hydrogen-bond acceptors (Lipinski definition) is 2. The summed E-state index contributed by atoms with van der Waals surface area (Å²) in [4.78, 5) is 4.65. The third kappa shape index (κ3) is 3.37. The van der Waals surface area contributed by atoms with Crippen molar-refractivity contribution in [2.75, 3.05) is 0 Å². The summed E-state index contributed by atoms with van der Waals surface area (Å²) in [5.74, 6) is 0.